The Morgan fingerprint density at radius 1 is 0.909 bits per heavy atom. The van der Waals surface area contributed by atoms with Crippen LogP contribution in [0.2, 0.25) is 0 Å². The molecule has 3 aromatic rings. The van der Waals surface area contributed by atoms with Crippen molar-refractivity contribution in [1.29, 1.82) is 0 Å². The zero-order chi connectivity index (χ0) is 41.7. The first-order chi connectivity index (χ1) is 25.4. The Bertz CT molecular complexity index is 1900. The Morgan fingerprint density at radius 2 is 1.53 bits per heavy atom. The van der Waals surface area contributed by atoms with Crippen LogP contribution in [0.1, 0.15) is 92.4 Å². The van der Waals surface area contributed by atoms with Crippen molar-refractivity contribution in [2.75, 3.05) is 27.2 Å². The van der Waals surface area contributed by atoms with Gasteiger partial charge < -0.3 is 19.5 Å². The number of hydrogen-bond donors (Lipinski definition) is 1. The predicted molar refractivity (Wildman–Crippen MR) is 189 cm³/mol. The van der Waals surface area contributed by atoms with Crippen LogP contribution in [0.3, 0.4) is 0 Å². The molecule has 3 rings (SSSR count). The van der Waals surface area contributed by atoms with E-state index in [0.717, 1.165) is 16.8 Å². The number of nitrogens with zero attached hydrogens (tertiary/aromatic N) is 2. The van der Waals surface area contributed by atoms with Crippen molar-refractivity contribution >= 4 is 11.9 Å². The number of carbonyl (C=O) groups is 2. The van der Waals surface area contributed by atoms with Crippen LogP contribution in [-0.4, -0.2) is 48.6 Å². The molecular weight excluding hydrogens is 745 g/mol. The van der Waals surface area contributed by atoms with E-state index in [9.17, 15) is 40.7 Å². The van der Waals surface area contributed by atoms with Crippen LogP contribution < -0.4 is 10.9 Å². The van der Waals surface area contributed by atoms with Crippen LogP contribution in [0.15, 0.2) is 35.3 Å². The second kappa shape index (κ2) is 18.1. The van der Waals surface area contributed by atoms with Gasteiger partial charge in [0.15, 0.2) is 0 Å². The molecule has 0 saturated carbocycles. The Morgan fingerprint density at radius 3 is 2.04 bits per heavy atom. The average molecular weight is 792 g/mol. The number of alkyl halides is 6. The first-order valence-electron chi connectivity index (χ1n) is 17.7. The van der Waals surface area contributed by atoms with Crippen molar-refractivity contribution in [2.24, 2.45) is 11.8 Å². The minimum Gasteiger partial charge on any atom is -0.466 e. The monoisotopic (exact) mass is 791 g/mol. The fraction of sp³-hybridized carbons (Fsp3) is 0.513. The number of benzene rings is 2. The zero-order valence-corrected chi connectivity index (χ0v) is 31.9. The summed E-state index contributed by atoms with van der Waals surface area (Å²) in [4.78, 5) is 42.7. The topological polar surface area (TPSA) is 80.6 Å². The minimum atomic E-state index is -5.48. The molecule has 0 aliphatic carbocycles. The van der Waals surface area contributed by atoms with E-state index in [4.69, 9.17) is 4.74 Å². The van der Waals surface area contributed by atoms with Gasteiger partial charge in [-0.15, -0.1) is 0 Å². The lowest BCUT2D eigenvalue weighted by molar-refractivity contribution is -0.149. The lowest BCUT2D eigenvalue weighted by Gasteiger charge is -2.31. The van der Waals surface area contributed by atoms with Crippen molar-refractivity contribution in [3.8, 4) is 11.1 Å². The third-order valence-corrected chi connectivity index (χ3v) is 9.13. The highest BCUT2D eigenvalue weighted by Crippen LogP contribution is 2.43. The molecule has 16 heteroatoms. The summed E-state index contributed by atoms with van der Waals surface area (Å²) < 4.78 is 140. The van der Waals surface area contributed by atoms with Gasteiger partial charge in [0.05, 0.1) is 29.7 Å². The molecule has 0 radical (unpaired) electrons. The molecule has 55 heavy (non-hydrogen) atoms. The summed E-state index contributed by atoms with van der Waals surface area (Å²) in [5, 5.41) is 2.29. The summed E-state index contributed by atoms with van der Waals surface area (Å²) in [6, 6.07) is -1.15. The molecule has 0 spiro atoms. The normalized spacial score (nSPS) is 13.9. The summed E-state index contributed by atoms with van der Waals surface area (Å²) >= 11 is 0. The number of rotatable bonds is 15. The lowest BCUT2D eigenvalue weighted by Crippen LogP contribution is -2.44. The molecule has 1 amide bonds. The molecule has 0 fully saturated rings. The van der Waals surface area contributed by atoms with Crippen LogP contribution in [-0.2, 0) is 33.1 Å². The van der Waals surface area contributed by atoms with E-state index in [1.165, 1.54) is 33.8 Å². The molecule has 1 aromatic heterocycles. The van der Waals surface area contributed by atoms with Gasteiger partial charge in [0.1, 0.15) is 23.5 Å². The zero-order valence-electron chi connectivity index (χ0n) is 31.9. The number of halogens is 9. The number of amides is 1. The Balaban J connectivity index is 2.39. The molecule has 0 saturated heterocycles. The maximum absolute atomic E-state index is 16.8. The molecule has 1 heterocycles. The van der Waals surface area contributed by atoms with Gasteiger partial charge in [0.25, 0.3) is 5.56 Å². The van der Waals surface area contributed by atoms with Gasteiger partial charge in [0, 0.05) is 29.0 Å². The number of aryl methyl sites for hydroxylation is 3. The molecular formula is C39H46F9N3O4. The van der Waals surface area contributed by atoms with Crippen molar-refractivity contribution in [3.05, 3.63) is 91.6 Å². The van der Waals surface area contributed by atoms with E-state index in [0.29, 0.717) is 18.2 Å². The second-order valence-electron chi connectivity index (χ2n) is 14.2. The van der Waals surface area contributed by atoms with Crippen molar-refractivity contribution < 1.29 is 53.8 Å². The maximum Gasteiger partial charge on any atom is 0.419 e. The SMILES string of the molecule is CCOC(=O)C(CC)[C@H](NC(=O)C(CC(C)C)n1cc(CCCN(C)C)c(C(F)(F)F)cc1=O)c1c(F)c(-c2c(C)cc(C)cc2F)cc(C(F)(F)F)c1F. The van der Waals surface area contributed by atoms with E-state index in [2.05, 4.69) is 5.32 Å². The van der Waals surface area contributed by atoms with Gasteiger partial charge in [-0.3, -0.25) is 14.4 Å². The van der Waals surface area contributed by atoms with E-state index >= 15 is 13.2 Å². The highest BCUT2D eigenvalue weighted by molar-refractivity contribution is 5.83. The van der Waals surface area contributed by atoms with Crippen molar-refractivity contribution in [2.45, 2.75) is 91.7 Å². The van der Waals surface area contributed by atoms with Crippen LogP contribution in [0, 0.1) is 43.1 Å². The molecule has 0 aliphatic heterocycles. The highest BCUT2D eigenvalue weighted by Gasteiger charge is 2.43. The molecule has 3 atom stereocenters. The summed E-state index contributed by atoms with van der Waals surface area (Å²) in [6.07, 6.45) is -10.0. The summed E-state index contributed by atoms with van der Waals surface area (Å²) in [6.45, 7) is 8.90. The minimum absolute atomic E-state index is 0.000152. The van der Waals surface area contributed by atoms with E-state index in [1.807, 2.05) is 0 Å². The van der Waals surface area contributed by atoms with Crippen LogP contribution in [0.5, 0.6) is 0 Å². The summed E-state index contributed by atoms with van der Waals surface area (Å²) in [7, 11) is 3.42. The van der Waals surface area contributed by atoms with Gasteiger partial charge in [-0.1, -0.05) is 26.8 Å². The van der Waals surface area contributed by atoms with Crippen LogP contribution >= 0.6 is 0 Å². The van der Waals surface area contributed by atoms with E-state index in [-0.39, 0.29) is 49.5 Å². The third kappa shape index (κ3) is 10.7. The molecule has 304 valence electrons. The molecule has 2 aromatic carbocycles. The number of pyridine rings is 1. The molecule has 0 aliphatic rings. The molecule has 1 N–H and O–H groups in total. The predicted octanol–water partition coefficient (Wildman–Crippen LogP) is 9.12. The number of carbonyl (C=O) groups excluding carboxylic acids is 2. The fourth-order valence-corrected chi connectivity index (χ4v) is 6.66. The number of esters is 1. The number of aromatic nitrogens is 1. The second-order valence-corrected chi connectivity index (χ2v) is 14.2. The lowest BCUT2D eigenvalue weighted by atomic mass is 9.85. The van der Waals surface area contributed by atoms with Crippen molar-refractivity contribution in [3.63, 3.8) is 0 Å². The van der Waals surface area contributed by atoms with Gasteiger partial charge in [-0.2, -0.15) is 26.3 Å². The standard InChI is InChI=1S/C39H46F9N3O4/c1-9-24(37(54)55-10-2)35(32-33(41)25(17-27(34(32)42)39(46,47)48)31-22(6)15-21(5)16-28(31)40)49-36(53)29(14-20(3)4)51-19-23(12-11-13-50(7)8)26(18-30(51)52)38(43,44)45/h15-20,24,29,35H,9-14H2,1-8H3,(H,49,53)/t24?,29?,35-/m0/s1. The first kappa shape index (κ1) is 45.1. The van der Waals surface area contributed by atoms with Gasteiger partial charge in [0.2, 0.25) is 5.91 Å². The molecule has 7 nitrogen and oxygen atoms in total. The Labute approximate surface area is 313 Å². The fourth-order valence-electron chi connectivity index (χ4n) is 6.66. The number of hydrogen-bond acceptors (Lipinski definition) is 5. The van der Waals surface area contributed by atoms with Crippen molar-refractivity contribution in [1.82, 2.24) is 14.8 Å². The highest BCUT2D eigenvalue weighted by atomic mass is 19.4. The quantitative estimate of drug-likeness (QED) is 0.123. The summed E-state index contributed by atoms with van der Waals surface area (Å²) in [5.74, 6) is -9.59. The van der Waals surface area contributed by atoms with Gasteiger partial charge in [-0.25, -0.2) is 13.2 Å². The summed E-state index contributed by atoms with van der Waals surface area (Å²) in [5.41, 5.74) is -7.51. The number of nitrogens with one attached hydrogen (secondary N) is 1. The Hall–Kier alpha value is -4.34. The van der Waals surface area contributed by atoms with E-state index in [1.54, 1.807) is 32.8 Å². The van der Waals surface area contributed by atoms with E-state index < -0.39 is 99.0 Å². The van der Waals surface area contributed by atoms with Crippen LogP contribution in [0.4, 0.5) is 39.5 Å². The molecule has 0 bridgehead atoms. The maximum atomic E-state index is 16.8. The smallest absolute Gasteiger partial charge is 0.419 e. The Kier molecular flexibility index (Phi) is 14.8. The largest absolute Gasteiger partial charge is 0.466 e. The number of ether oxygens (including phenoxy) is 1. The van der Waals surface area contributed by atoms with Gasteiger partial charge in [-0.05, 0) is 102 Å². The first-order valence-corrected chi connectivity index (χ1v) is 17.7. The molecule has 2 unspecified atom stereocenters. The van der Waals surface area contributed by atoms with Gasteiger partial charge >= 0.3 is 18.3 Å². The van der Waals surface area contributed by atoms with Crippen LogP contribution in [0.25, 0.3) is 11.1 Å². The average Bonchev–Trinajstić information content (AvgIpc) is 3.03. The third-order valence-electron chi connectivity index (χ3n) is 9.13.